The van der Waals surface area contributed by atoms with Crippen LogP contribution in [0.4, 0.5) is 0 Å². The number of ether oxygens (including phenoxy) is 1. The van der Waals surface area contributed by atoms with Crippen LogP contribution in [0, 0.1) is 5.92 Å². The molecule has 0 radical (unpaired) electrons. The number of rotatable bonds is 4. The van der Waals surface area contributed by atoms with Gasteiger partial charge in [0.2, 0.25) is 0 Å². The zero-order valence-corrected chi connectivity index (χ0v) is 13.3. The van der Waals surface area contributed by atoms with E-state index in [9.17, 15) is 0 Å². The Hall–Kier alpha value is -1.47. The third-order valence-corrected chi connectivity index (χ3v) is 4.59. The standard InChI is InChI=1S/C19H21ClO/c1-13(2)11-14-7-9-15(10-8-14)19(20)17-12-21-18-6-4-3-5-16(17)18/h3-10,13,17,19H,11-12H2,1-2H3. The largest absolute Gasteiger partial charge is 0.493 e. The lowest BCUT2D eigenvalue weighted by atomic mass is 9.92. The van der Waals surface area contributed by atoms with Crippen molar-refractivity contribution in [2.24, 2.45) is 5.92 Å². The van der Waals surface area contributed by atoms with E-state index >= 15 is 0 Å². The van der Waals surface area contributed by atoms with Gasteiger partial charge in [0.15, 0.2) is 0 Å². The van der Waals surface area contributed by atoms with Crippen molar-refractivity contribution in [3.63, 3.8) is 0 Å². The average molecular weight is 301 g/mol. The van der Waals surface area contributed by atoms with E-state index in [0.717, 1.165) is 12.2 Å². The van der Waals surface area contributed by atoms with Crippen molar-refractivity contribution in [2.45, 2.75) is 31.6 Å². The Balaban J connectivity index is 1.78. The van der Waals surface area contributed by atoms with Gasteiger partial charge in [-0.15, -0.1) is 11.6 Å². The lowest BCUT2D eigenvalue weighted by Crippen LogP contribution is -2.08. The van der Waals surface area contributed by atoms with Gasteiger partial charge < -0.3 is 4.74 Å². The first-order valence-electron chi connectivity index (χ1n) is 7.60. The lowest BCUT2D eigenvalue weighted by Gasteiger charge is -2.17. The maximum Gasteiger partial charge on any atom is 0.122 e. The van der Waals surface area contributed by atoms with Crippen LogP contribution >= 0.6 is 11.6 Å². The van der Waals surface area contributed by atoms with Gasteiger partial charge in [0, 0.05) is 11.5 Å². The zero-order chi connectivity index (χ0) is 14.8. The number of halogens is 1. The molecule has 0 saturated heterocycles. The van der Waals surface area contributed by atoms with Crippen LogP contribution in [0.3, 0.4) is 0 Å². The number of alkyl halides is 1. The summed E-state index contributed by atoms with van der Waals surface area (Å²) in [4.78, 5) is 0. The SMILES string of the molecule is CC(C)Cc1ccc(C(Cl)C2COc3ccccc32)cc1. The van der Waals surface area contributed by atoms with Crippen molar-refractivity contribution < 1.29 is 4.74 Å². The van der Waals surface area contributed by atoms with Crippen LogP contribution in [0.15, 0.2) is 48.5 Å². The summed E-state index contributed by atoms with van der Waals surface area (Å²) in [5, 5.41) is -0.0400. The second kappa shape index (κ2) is 6.11. The average Bonchev–Trinajstić information content (AvgIpc) is 2.90. The minimum absolute atomic E-state index is 0.0400. The molecule has 2 aromatic carbocycles. The van der Waals surface area contributed by atoms with E-state index in [2.05, 4.69) is 50.2 Å². The van der Waals surface area contributed by atoms with Gasteiger partial charge in [-0.1, -0.05) is 56.3 Å². The highest BCUT2D eigenvalue weighted by Crippen LogP contribution is 2.44. The highest BCUT2D eigenvalue weighted by Gasteiger charge is 2.30. The Morgan fingerprint density at radius 1 is 1.10 bits per heavy atom. The van der Waals surface area contributed by atoms with Crippen LogP contribution < -0.4 is 4.74 Å². The van der Waals surface area contributed by atoms with Crippen molar-refractivity contribution >= 4 is 11.6 Å². The van der Waals surface area contributed by atoms with Crippen molar-refractivity contribution in [1.82, 2.24) is 0 Å². The number of benzene rings is 2. The number of para-hydroxylation sites is 1. The number of hydrogen-bond acceptors (Lipinski definition) is 1. The third kappa shape index (κ3) is 3.08. The van der Waals surface area contributed by atoms with Gasteiger partial charge in [-0.3, -0.25) is 0 Å². The first-order chi connectivity index (χ1) is 10.1. The van der Waals surface area contributed by atoms with E-state index in [1.54, 1.807) is 0 Å². The molecule has 2 heteroatoms. The van der Waals surface area contributed by atoms with Gasteiger partial charge in [0.25, 0.3) is 0 Å². The molecule has 0 bridgehead atoms. The second-order valence-electron chi connectivity index (χ2n) is 6.20. The summed E-state index contributed by atoms with van der Waals surface area (Å²) in [5.41, 5.74) is 3.78. The van der Waals surface area contributed by atoms with Gasteiger partial charge >= 0.3 is 0 Å². The molecule has 2 atom stereocenters. The topological polar surface area (TPSA) is 9.23 Å². The van der Waals surface area contributed by atoms with E-state index < -0.39 is 0 Å². The number of hydrogen-bond donors (Lipinski definition) is 0. The van der Waals surface area contributed by atoms with Crippen molar-refractivity contribution in [2.75, 3.05) is 6.61 Å². The summed E-state index contributed by atoms with van der Waals surface area (Å²) in [6, 6.07) is 16.9. The van der Waals surface area contributed by atoms with E-state index in [4.69, 9.17) is 16.3 Å². The monoisotopic (exact) mass is 300 g/mol. The molecule has 1 nitrogen and oxygen atoms in total. The summed E-state index contributed by atoms with van der Waals surface area (Å²) in [6.07, 6.45) is 1.11. The van der Waals surface area contributed by atoms with Crippen LogP contribution in [-0.2, 0) is 6.42 Å². The Morgan fingerprint density at radius 3 is 2.52 bits per heavy atom. The molecule has 21 heavy (non-hydrogen) atoms. The Morgan fingerprint density at radius 2 is 1.81 bits per heavy atom. The molecule has 3 rings (SSSR count). The lowest BCUT2D eigenvalue weighted by molar-refractivity contribution is 0.328. The van der Waals surface area contributed by atoms with Crippen molar-refractivity contribution in [3.05, 3.63) is 65.2 Å². The third-order valence-electron chi connectivity index (χ3n) is 4.03. The van der Waals surface area contributed by atoms with Gasteiger partial charge in [-0.25, -0.2) is 0 Å². The minimum Gasteiger partial charge on any atom is -0.493 e. The van der Waals surface area contributed by atoms with E-state index in [1.165, 1.54) is 16.7 Å². The molecular formula is C19H21ClO. The molecule has 0 aromatic heterocycles. The van der Waals surface area contributed by atoms with Gasteiger partial charge in [-0.05, 0) is 29.5 Å². The second-order valence-corrected chi connectivity index (χ2v) is 6.67. The fourth-order valence-corrected chi connectivity index (χ4v) is 3.33. The van der Waals surface area contributed by atoms with Gasteiger partial charge in [0.1, 0.15) is 5.75 Å². The molecule has 1 aliphatic heterocycles. The quantitative estimate of drug-likeness (QED) is 0.692. The Kier molecular flexibility index (Phi) is 4.21. The summed E-state index contributed by atoms with van der Waals surface area (Å²) in [5.74, 6) is 1.89. The number of fused-ring (bicyclic) bond motifs is 1. The molecule has 1 heterocycles. The highest BCUT2D eigenvalue weighted by molar-refractivity contribution is 6.21. The van der Waals surface area contributed by atoms with Gasteiger partial charge in [-0.2, -0.15) is 0 Å². The van der Waals surface area contributed by atoms with Gasteiger partial charge in [0.05, 0.1) is 12.0 Å². The van der Waals surface area contributed by atoms with Crippen molar-refractivity contribution in [3.8, 4) is 5.75 Å². The summed E-state index contributed by atoms with van der Waals surface area (Å²) < 4.78 is 5.75. The minimum atomic E-state index is -0.0400. The molecule has 0 N–H and O–H groups in total. The maximum absolute atomic E-state index is 6.72. The molecule has 1 aliphatic rings. The first-order valence-corrected chi connectivity index (χ1v) is 8.03. The van der Waals surface area contributed by atoms with E-state index in [1.807, 2.05) is 12.1 Å². The van der Waals surface area contributed by atoms with Crippen molar-refractivity contribution in [1.29, 1.82) is 0 Å². The van der Waals surface area contributed by atoms with Crippen LogP contribution in [0.2, 0.25) is 0 Å². The summed E-state index contributed by atoms with van der Waals surface area (Å²) in [6.45, 7) is 5.15. The van der Waals surface area contributed by atoms with Crippen LogP contribution in [0.25, 0.3) is 0 Å². The fraction of sp³-hybridized carbons (Fsp3) is 0.368. The molecule has 0 saturated carbocycles. The maximum atomic E-state index is 6.72. The predicted molar refractivity (Wildman–Crippen MR) is 88.3 cm³/mol. The van der Waals surface area contributed by atoms with Crippen LogP contribution in [-0.4, -0.2) is 6.61 Å². The van der Waals surface area contributed by atoms with E-state index in [0.29, 0.717) is 12.5 Å². The molecule has 0 spiro atoms. The normalized spacial score (nSPS) is 18.4. The Bertz CT molecular complexity index is 603. The Labute approximate surface area is 131 Å². The molecule has 2 unspecified atom stereocenters. The molecular weight excluding hydrogens is 280 g/mol. The first kappa shape index (κ1) is 14.5. The molecule has 110 valence electrons. The summed E-state index contributed by atoms with van der Waals surface area (Å²) in [7, 11) is 0. The summed E-state index contributed by atoms with van der Waals surface area (Å²) >= 11 is 6.72. The molecule has 0 aliphatic carbocycles. The predicted octanol–water partition coefficient (Wildman–Crippen LogP) is 5.34. The zero-order valence-electron chi connectivity index (χ0n) is 12.6. The highest BCUT2D eigenvalue weighted by atomic mass is 35.5. The van der Waals surface area contributed by atoms with Crippen LogP contribution in [0.1, 0.15) is 41.8 Å². The van der Waals surface area contributed by atoms with Crippen LogP contribution in [0.5, 0.6) is 5.75 Å². The fourth-order valence-electron chi connectivity index (χ4n) is 2.97. The molecule has 0 fully saturated rings. The molecule has 0 amide bonds. The molecule has 2 aromatic rings. The smallest absolute Gasteiger partial charge is 0.122 e. The van der Waals surface area contributed by atoms with E-state index in [-0.39, 0.29) is 11.3 Å².